The molecule has 0 spiro atoms. The zero-order valence-electron chi connectivity index (χ0n) is 19.7. The van der Waals surface area contributed by atoms with E-state index in [1.54, 1.807) is 29.4 Å². The number of para-hydroxylation sites is 1. The van der Waals surface area contributed by atoms with E-state index in [4.69, 9.17) is 9.40 Å². The van der Waals surface area contributed by atoms with Gasteiger partial charge in [-0.2, -0.15) is 4.31 Å². The molecule has 2 aromatic carbocycles. The number of anilines is 1. The molecule has 3 heterocycles. The summed E-state index contributed by atoms with van der Waals surface area (Å²) < 4.78 is 33.8. The molecule has 1 aliphatic rings. The fourth-order valence-electron chi connectivity index (χ4n) is 4.33. The number of sulfonamides is 1. The lowest BCUT2D eigenvalue weighted by molar-refractivity contribution is 0.0983. The number of amides is 1. The monoisotopic (exact) mass is 509 g/mol. The van der Waals surface area contributed by atoms with E-state index in [2.05, 4.69) is 19.9 Å². The third-order valence-corrected chi connectivity index (χ3v) is 9.19. The lowest BCUT2D eigenvalue weighted by atomic mass is 10.0. The molecule has 0 saturated carbocycles. The molecule has 7 nitrogen and oxygen atoms in total. The Balaban J connectivity index is 1.50. The van der Waals surface area contributed by atoms with Crippen molar-refractivity contribution in [2.75, 3.05) is 18.0 Å². The van der Waals surface area contributed by atoms with Crippen molar-refractivity contribution >= 4 is 42.6 Å². The largest absolute Gasteiger partial charge is 0.467 e. The SMILES string of the molecule is CC(C)c1cccc2sc(N(Cc3ccco3)C(=O)c3ccc(S(=O)(=O)N4CCCC4)cc3)nc12. The van der Waals surface area contributed by atoms with Gasteiger partial charge in [0.1, 0.15) is 5.76 Å². The van der Waals surface area contributed by atoms with Crippen LogP contribution < -0.4 is 4.90 Å². The van der Waals surface area contributed by atoms with Crippen LogP contribution in [0.25, 0.3) is 10.2 Å². The van der Waals surface area contributed by atoms with Gasteiger partial charge in [-0.3, -0.25) is 9.69 Å². The van der Waals surface area contributed by atoms with Crippen LogP contribution in [-0.4, -0.2) is 36.7 Å². The third-order valence-electron chi connectivity index (χ3n) is 6.24. The number of fused-ring (bicyclic) bond motifs is 1. The van der Waals surface area contributed by atoms with Crippen molar-refractivity contribution in [3.05, 3.63) is 77.7 Å². The smallest absolute Gasteiger partial charge is 0.260 e. The summed E-state index contributed by atoms with van der Waals surface area (Å²) in [7, 11) is -3.54. The number of thiazole rings is 1. The highest BCUT2D eigenvalue weighted by molar-refractivity contribution is 7.89. The van der Waals surface area contributed by atoms with E-state index in [0.717, 1.165) is 28.6 Å². The summed E-state index contributed by atoms with van der Waals surface area (Å²) in [6, 6.07) is 15.9. The Bertz CT molecular complexity index is 1440. The van der Waals surface area contributed by atoms with Crippen LogP contribution >= 0.6 is 11.3 Å². The second kappa shape index (κ2) is 9.56. The van der Waals surface area contributed by atoms with Gasteiger partial charge in [-0.1, -0.05) is 37.3 Å². The first-order chi connectivity index (χ1) is 16.8. The summed E-state index contributed by atoms with van der Waals surface area (Å²) in [5.41, 5.74) is 2.42. The Morgan fingerprint density at radius 3 is 2.49 bits per heavy atom. The number of hydrogen-bond acceptors (Lipinski definition) is 6. The first-order valence-corrected chi connectivity index (χ1v) is 13.9. The van der Waals surface area contributed by atoms with E-state index in [9.17, 15) is 13.2 Å². The summed E-state index contributed by atoms with van der Waals surface area (Å²) in [5.74, 6) is 0.666. The van der Waals surface area contributed by atoms with Crippen molar-refractivity contribution in [3.8, 4) is 0 Å². The van der Waals surface area contributed by atoms with E-state index in [-0.39, 0.29) is 17.3 Å². The van der Waals surface area contributed by atoms with Crippen LogP contribution in [0.4, 0.5) is 5.13 Å². The molecule has 182 valence electrons. The topological polar surface area (TPSA) is 83.7 Å². The van der Waals surface area contributed by atoms with Crippen molar-refractivity contribution in [2.24, 2.45) is 0 Å². The Morgan fingerprint density at radius 1 is 1.09 bits per heavy atom. The van der Waals surface area contributed by atoms with E-state index >= 15 is 0 Å². The summed E-state index contributed by atoms with van der Waals surface area (Å²) in [6.45, 7) is 5.54. The lowest BCUT2D eigenvalue weighted by Gasteiger charge is -2.19. The van der Waals surface area contributed by atoms with Gasteiger partial charge >= 0.3 is 0 Å². The number of aromatic nitrogens is 1. The number of carbonyl (C=O) groups is 1. The fourth-order valence-corrected chi connectivity index (χ4v) is 6.84. The minimum atomic E-state index is -3.54. The fraction of sp³-hybridized carbons (Fsp3) is 0.308. The quantitative estimate of drug-likeness (QED) is 0.322. The standard InChI is InChI=1S/C26H27N3O4S2/c1-18(2)22-8-5-9-23-24(22)27-26(34-23)29(17-20-7-6-16-33-20)25(30)19-10-12-21(13-11-19)35(31,32)28-14-3-4-15-28/h5-13,16,18H,3-4,14-15,17H2,1-2H3. The van der Waals surface area contributed by atoms with Gasteiger partial charge in [0.05, 0.1) is 27.9 Å². The van der Waals surface area contributed by atoms with Gasteiger partial charge in [0.25, 0.3) is 5.91 Å². The molecule has 1 fully saturated rings. The molecule has 0 unspecified atom stereocenters. The van der Waals surface area contributed by atoms with E-state index in [1.165, 1.54) is 27.8 Å². The molecule has 1 aliphatic heterocycles. The normalized spacial score (nSPS) is 14.7. The van der Waals surface area contributed by atoms with Crippen molar-refractivity contribution in [1.29, 1.82) is 0 Å². The second-order valence-corrected chi connectivity index (χ2v) is 11.9. The van der Waals surface area contributed by atoms with Crippen LogP contribution in [0.2, 0.25) is 0 Å². The Kier molecular flexibility index (Phi) is 6.48. The highest BCUT2D eigenvalue weighted by Crippen LogP contribution is 2.35. The summed E-state index contributed by atoms with van der Waals surface area (Å²) in [6.07, 6.45) is 3.32. The van der Waals surface area contributed by atoms with Gasteiger partial charge in [-0.15, -0.1) is 0 Å². The van der Waals surface area contributed by atoms with Gasteiger partial charge in [0.2, 0.25) is 10.0 Å². The molecule has 0 N–H and O–H groups in total. The van der Waals surface area contributed by atoms with E-state index < -0.39 is 10.0 Å². The zero-order valence-corrected chi connectivity index (χ0v) is 21.3. The van der Waals surface area contributed by atoms with Crippen molar-refractivity contribution in [1.82, 2.24) is 9.29 Å². The summed E-state index contributed by atoms with van der Waals surface area (Å²) in [5, 5.41) is 0.572. The van der Waals surface area contributed by atoms with Crippen LogP contribution in [0.5, 0.6) is 0 Å². The summed E-state index contributed by atoms with van der Waals surface area (Å²) in [4.78, 5) is 20.3. The lowest BCUT2D eigenvalue weighted by Crippen LogP contribution is -2.30. The first-order valence-electron chi connectivity index (χ1n) is 11.7. The van der Waals surface area contributed by atoms with Crippen molar-refractivity contribution in [2.45, 2.75) is 44.0 Å². The number of rotatable bonds is 7. The predicted octanol–water partition coefficient (Wildman–Crippen LogP) is 5.64. The zero-order chi connectivity index (χ0) is 24.6. The van der Waals surface area contributed by atoms with Crippen molar-refractivity contribution < 1.29 is 17.6 Å². The molecule has 5 rings (SSSR count). The Labute approximate surface area is 209 Å². The molecule has 0 aliphatic carbocycles. The maximum atomic E-state index is 13.7. The number of carbonyl (C=O) groups excluding carboxylic acids is 1. The highest BCUT2D eigenvalue weighted by atomic mass is 32.2. The number of furan rings is 1. The second-order valence-electron chi connectivity index (χ2n) is 8.95. The van der Waals surface area contributed by atoms with Crippen LogP contribution in [0.3, 0.4) is 0 Å². The predicted molar refractivity (Wildman–Crippen MR) is 137 cm³/mol. The average molecular weight is 510 g/mol. The van der Waals surface area contributed by atoms with Gasteiger partial charge < -0.3 is 4.42 Å². The van der Waals surface area contributed by atoms with E-state index in [0.29, 0.717) is 35.5 Å². The van der Waals surface area contributed by atoms with Gasteiger partial charge in [0, 0.05) is 18.7 Å². The Morgan fingerprint density at radius 2 is 1.83 bits per heavy atom. The molecule has 2 aromatic heterocycles. The molecule has 4 aromatic rings. The van der Waals surface area contributed by atoms with Gasteiger partial charge in [-0.05, 0) is 66.8 Å². The molecular formula is C26H27N3O4S2. The number of nitrogens with zero attached hydrogens (tertiary/aromatic N) is 3. The molecule has 1 saturated heterocycles. The first kappa shape index (κ1) is 23.7. The molecule has 0 bridgehead atoms. The van der Waals surface area contributed by atoms with Crippen LogP contribution in [0, 0.1) is 0 Å². The van der Waals surface area contributed by atoms with Gasteiger partial charge in [0.15, 0.2) is 5.13 Å². The average Bonchev–Trinajstić information content (AvgIpc) is 3.63. The number of hydrogen-bond donors (Lipinski definition) is 0. The van der Waals surface area contributed by atoms with E-state index in [1.807, 2.05) is 18.2 Å². The maximum Gasteiger partial charge on any atom is 0.260 e. The van der Waals surface area contributed by atoms with Crippen LogP contribution in [0.1, 0.15) is 54.3 Å². The highest BCUT2D eigenvalue weighted by Gasteiger charge is 2.28. The van der Waals surface area contributed by atoms with Crippen molar-refractivity contribution in [3.63, 3.8) is 0 Å². The molecule has 1 amide bonds. The minimum Gasteiger partial charge on any atom is -0.467 e. The third kappa shape index (κ3) is 4.63. The molecule has 35 heavy (non-hydrogen) atoms. The molecule has 9 heteroatoms. The van der Waals surface area contributed by atoms with Gasteiger partial charge in [-0.25, -0.2) is 13.4 Å². The van der Waals surface area contributed by atoms with Crippen LogP contribution in [-0.2, 0) is 16.6 Å². The number of benzene rings is 2. The molecule has 0 atom stereocenters. The maximum absolute atomic E-state index is 13.7. The summed E-state index contributed by atoms with van der Waals surface area (Å²) >= 11 is 1.46. The molecule has 0 radical (unpaired) electrons. The minimum absolute atomic E-state index is 0.204. The van der Waals surface area contributed by atoms with Crippen LogP contribution in [0.15, 0.2) is 70.2 Å². The Hall–Kier alpha value is -3.01. The molecular weight excluding hydrogens is 482 g/mol.